The molecule has 2 heteroatoms. The van der Waals surface area contributed by atoms with Crippen molar-refractivity contribution in [1.29, 1.82) is 0 Å². The fourth-order valence-corrected chi connectivity index (χ4v) is 3.38. The minimum atomic E-state index is 0.460. The lowest BCUT2D eigenvalue weighted by atomic mass is 9.70. The molecule has 0 amide bonds. The summed E-state index contributed by atoms with van der Waals surface area (Å²) < 4.78 is 5.18. The van der Waals surface area contributed by atoms with Gasteiger partial charge in [-0.15, -0.1) is 0 Å². The predicted molar refractivity (Wildman–Crippen MR) is 77.2 cm³/mol. The van der Waals surface area contributed by atoms with E-state index < -0.39 is 0 Å². The van der Waals surface area contributed by atoms with E-state index in [9.17, 15) is 0 Å². The molecule has 2 atom stereocenters. The number of methoxy groups -OCH3 is 1. The summed E-state index contributed by atoms with van der Waals surface area (Å²) in [5.41, 5.74) is 1.66. The molecule has 0 spiro atoms. The maximum Gasteiger partial charge on any atom is 0.119 e. The molecule has 1 fully saturated rings. The van der Waals surface area contributed by atoms with Gasteiger partial charge in [-0.1, -0.05) is 20.8 Å². The summed E-state index contributed by atoms with van der Waals surface area (Å²) in [4.78, 5) is 0. The van der Waals surface area contributed by atoms with Gasteiger partial charge in [0.1, 0.15) is 5.75 Å². The van der Waals surface area contributed by atoms with Gasteiger partial charge >= 0.3 is 0 Å². The SMILES string of the molecule is COc1ccc(NC2CC(C)CC(C)(C)C2)cc1. The van der Waals surface area contributed by atoms with E-state index in [0.29, 0.717) is 11.5 Å². The van der Waals surface area contributed by atoms with Crippen LogP contribution in [0, 0.1) is 11.3 Å². The smallest absolute Gasteiger partial charge is 0.119 e. The van der Waals surface area contributed by atoms with Crippen LogP contribution in [0.4, 0.5) is 5.69 Å². The number of hydrogen-bond donors (Lipinski definition) is 1. The van der Waals surface area contributed by atoms with Crippen LogP contribution < -0.4 is 10.1 Å². The van der Waals surface area contributed by atoms with E-state index >= 15 is 0 Å². The maximum absolute atomic E-state index is 5.18. The molecular formula is C16H25NO. The van der Waals surface area contributed by atoms with Crippen LogP contribution in [0.25, 0.3) is 0 Å². The van der Waals surface area contributed by atoms with Crippen LogP contribution in [-0.4, -0.2) is 13.2 Å². The average molecular weight is 247 g/mol. The molecule has 1 saturated carbocycles. The van der Waals surface area contributed by atoms with Crippen molar-refractivity contribution in [1.82, 2.24) is 0 Å². The van der Waals surface area contributed by atoms with Gasteiger partial charge in [0, 0.05) is 11.7 Å². The summed E-state index contributed by atoms with van der Waals surface area (Å²) in [6.07, 6.45) is 3.87. The summed E-state index contributed by atoms with van der Waals surface area (Å²) in [7, 11) is 1.70. The lowest BCUT2D eigenvalue weighted by Crippen LogP contribution is -2.35. The first-order chi connectivity index (χ1) is 8.48. The molecule has 1 N–H and O–H groups in total. The Hall–Kier alpha value is -1.18. The highest BCUT2D eigenvalue weighted by Crippen LogP contribution is 2.39. The minimum Gasteiger partial charge on any atom is -0.497 e. The van der Waals surface area contributed by atoms with E-state index in [1.54, 1.807) is 7.11 Å². The quantitative estimate of drug-likeness (QED) is 0.858. The zero-order chi connectivity index (χ0) is 13.2. The summed E-state index contributed by atoms with van der Waals surface area (Å²) in [6, 6.07) is 8.83. The summed E-state index contributed by atoms with van der Waals surface area (Å²) >= 11 is 0. The van der Waals surface area contributed by atoms with Crippen molar-refractivity contribution in [2.45, 2.75) is 46.1 Å². The van der Waals surface area contributed by atoms with E-state index in [2.05, 4.69) is 38.2 Å². The number of nitrogens with one attached hydrogen (secondary N) is 1. The topological polar surface area (TPSA) is 21.3 Å². The Bertz CT molecular complexity index is 383. The molecule has 1 aromatic carbocycles. The predicted octanol–water partition coefficient (Wildman–Crippen LogP) is 4.32. The van der Waals surface area contributed by atoms with Gasteiger partial charge in [0.15, 0.2) is 0 Å². The van der Waals surface area contributed by atoms with Gasteiger partial charge in [-0.25, -0.2) is 0 Å². The number of benzene rings is 1. The molecule has 1 aliphatic rings. The van der Waals surface area contributed by atoms with Gasteiger partial charge < -0.3 is 10.1 Å². The molecule has 0 bridgehead atoms. The largest absolute Gasteiger partial charge is 0.497 e. The molecule has 2 rings (SSSR count). The molecule has 1 aromatic rings. The van der Waals surface area contributed by atoms with Crippen molar-refractivity contribution in [3.05, 3.63) is 24.3 Å². The van der Waals surface area contributed by atoms with Crippen LogP contribution in [0.3, 0.4) is 0 Å². The highest BCUT2D eigenvalue weighted by atomic mass is 16.5. The second-order valence-electron chi connectivity index (χ2n) is 6.48. The second kappa shape index (κ2) is 5.21. The van der Waals surface area contributed by atoms with Crippen molar-refractivity contribution >= 4 is 5.69 Å². The molecule has 100 valence electrons. The van der Waals surface area contributed by atoms with Gasteiger partial charge in [0.25, 0.3) is 0 Å². The van der Waals surface area contributed by atoms with Gasteiger partial charge in [-0.05, 0) is 54.9 Å². The second-order valence-corrected chi connectivity index (χ2v) is 6.48. The highest BCUT2D eigenvalue weighted by Gasteiger charge is 2.31. The molecule has 0 aromatic heterocycles. The lowest BCUT2D eigenvalue weighted by Gasteiger charge is -2.39. The lowest BCUT2D eigenvalue weighted by molar-refractivity contribution is 0.178. The molecule has 0 radical (unpaired) electrons. The summed E-state index contributed by atoms with van der Waals surface area (Å²) in [5.74, 6) is 1.72. The Morgan fingerprint density at radius 1 is 1.17 bits per heavy atom. The normalized spacial score (nSPS) is 26.7. The minimum absolute atomic E-state index is 0.460. The third-order valence-corrected chi connectivity index (χ3v) is 3.85. The van der Waals surface area contributed by atoms with Gasteiger partial charge in [0.2, 0.25) is 0 Å². The Kier molecular flexibility index (Phi) is 3.84. The van der Waals surface area contributed by atoms with Crippen LogP contribution in [-0.2, 0) is 0 Å². The molecule has 0 saturated heterocycles. The van der Waals surface area contributed by atoms with Crippen molar-refractivity contribution < 1.29 is 4.74 Å². The van der Waals surface area contributed by atoms with Crippen LogP contribution >= 0.6 is 0 Å². The first-order valence-corrected chi connectivity index (χ1v) is 6.89. The Morgan fingerprint density at radius 2 is 1.83 bits per heavy atom. The number of ether oxygens (including phenoxy) is 1. The van der Waals surface area contributed by atoms with Crippen molar-refractivity contribution in [3.8, 4) is 5.75 Å². The van der Waals surface area contributed by atoms with E-state index in [1.165, 1.54) is 24.9 Å². The van der Waals surface area contributed by atoms with Crippen molar-refractivity contribution in [2.24, 2.45) is 11.3 Å². The number of hydrogen-bond acceptors (Lipinski definition) is 2. The van der Waals surface area contributed by atoms with Gasteiger partial charge in [0.05, 0.1) is 7.11 Å². The van der Waals surface area contributed by atoms with Crippen molar-refractivity contribution in [2.75, 3.05) is 12.4 Å². The fraction of sp³-hybridized carbons (Fsp3) is 0.625. The van der Waals surface area contributed by atoms with E-state index in [1.807, 2.05) is 12.1 Å². The number of rotatable bonds is 3. The van der Waals surface area contributed by atoms with Crippen LogP contribution in [0.15, 0.2) is 24.3 Å². The molecule has 18 heavy (non-hydrogen) atoms. The molecule has 0 heterocycles. The van der Waals surface area contributed by atoms with Crippen LogP contribution in [0.5, 0.6) is 5.75 Å². The van der Waals surface area contributed by atoms with Gasteiger partial charge in [-0.2, -0.15) is 0 Å². The van der Waals surface area contributed by atoms with Crippen molar-refractivity contribution in [3.63, 3.8) is 0 Å². The third-order valence-electron chi connectivity index (χ3n) is 3.85. The molecule has 0 aliphatic heterocycles. The summed E-state index contributed by atoms with van der Waals surface area (Å²) in [6.45, 7) is 7.13. The Balaban J connectivity index is 1.99. The molecule has 1 aliphatic carbocycles. The maximum atomic E-state index is 5.18. The first kappa shape index (κ1) is 13.3. The third kappa shape index (κ3) is 3.41. The van der Waals surface area contributed by atoms with E-state index in [-0.39, 0.29) is 0 Å². The Morgan fingerprint density at radius 3 is 2.39 bits per heavy atom. The Labute approximate surface area is 111 Å². The van der Waals surface area contributed by atoms with Crippen LogP contribution in [0.1, 0.15) is 40.0 Å². The zero-order valence-electron chi connectivity index (χ0n) is 12.0. The standard InChI is InChI=1S/C16H25NO/c1-12-9-14(11-16(2,3)10-12)17-13-5-7-15(18-4)8-6-13/h5-8,12,14,17H,9-11H2,1-4H3. The molecule has 2 nitrogen and oxygen atoms in total. The van der Waals surface area contributed by atoms with Gasteiger partial charge in [-0.3, -0.25) is 0 Å². The van der Waals surface area contributed by atoms with Crippen LogP contribution in [0.2, 0.25) is 0 Å². The monoisotopic (exact) mass is 247 g/mol. The fourth-order valence-electron chi connectivity index (χ4n) is 3.38. The average Bonchev–Trinajstić information content (AvgIpc) is 2.27. The number of anilines is 1. The zero-order valence-corrected chi connectivity index (χ0v) is 12.0. The summed E-state index contributed by atoms with van der Waals surface area (Å²) in [5, 5.41) is 3.66. The van der Waals surface area contributed by atoms with E-state index in [4.69, 9.17) is 4.74 Å². The highest BCUT2D eigenvalue weighted by molar-refractivity contribution is 5.47. The molecular weight excluding hydrogens is 222 g/mol. The first-order valence-electron chi connectivity index (χ1n) is 6.89. The molecule has 2 unspecified atom stereocenters. The van der Waals surface area contributed by atoms with E-state index in [0.717, 1.165) is 11.7 Å².